The largest absolute Gasteiger partial charge is 0.467 e. The van der Waals surface area contributed by atoms with Crippen LogP contribution in [0.15, 0.2) is 24.9 Å². The van der Waals surface area contributed by atoms with Gasteiger partial charge in [-0.1, -0.05) is 45.2 Å². The maximum Gasteiger partial charge on any atom is 0.410 e. The minimum atomic E-state index is -2.02. The fourth-order valence-electron chi connectivity index (χ4n) is 3.37. The van der Waals surface area contributed by atoms with Gasteiger partial charge in [-0.25, -0.2) is 4.79 Å². The molecule has 1 aliphatic heterocycles. The zero-order valence-electron chi connectivity index (χ0n) is 19.6. The molecule has 1 aromatic heterocycles. The summed E-state index contributed by atoms with van der Waals surface area (Å²) in [7, 11) is -0.169. The van der Waals surface area contributed by atoms with E-state index in [9.17, 15) is 4.79 Å². The number of carbonyl (C=O) groups is 1. The first kappa shape index (κ1) is 25.9. The Morgan fingerprint density at radius 3 is 2.68 bits per heavy atom. The number of rotatable bonds is 7. The van der Waals surface area contributed by atoms with E-state index in [0.717, 1.165) is 5.69 Å². The van der Waals surface area contributed by atoms with Crippen LogP contribution in [0.3, 0.4) is 0 Å². The standard InChI is InChI=1S/C21H35N3O4S2Si/c1-9-12-26-19(25)24-14-15(28-31(7,8)21(2,3)4)13-17(24)18(27-20(29)30-6)16-10-11-22-23(16)5/h9-11,15,17-18H,1,12-14H2,2-8H3/t15-,17+,18?/m1/s1. The second-order valence-electron chi connectivity index (χ2n) is 9.19. The number of amides is 1. The maximum atomic E-state index is 12.9. The lowest BCUT2D eigenvalue weighted by atomic mass is 10.0. The van der Waals surface area contributed by atoms with Crippen LogP contribution < -0.4 is 0 Å². The van der Waals surface area contributed by atoms with Crippen LogP contribution in [-0.2, 0) is 20.9 Å². The van der Waals surface area contributed by atoms with Crippen molar-refractivity contribution in [2.45, 2.75) is 63.6 Å². The van der Waals surface area contributed by atoms with E-state index < -0.39 is 20.5 Å². The van der Waals surface area contributed by atoms with Gasteiger partial charge < -0.3 is 13.9 Å². The van der Waals surface area contributed by atoms with Gasteiger partial charge in [0.25, 0.3) is 0 Å². The van der Waals surface area contributed by atoms with Gasteiger partial charge in [0.2, 0.25) is 4.38 Å². The SMILES string of the molecule is C=CCOC(=O)N1C[C@H](O[Si](C)(C)C(C)(C)C)C[C@H]1C(OC(=S)SC)c1ccnn1C. The first-order valence-corrected chi connectivity index (χ1v) is 14.9. The average Bonchev–Trinajstić information content (AvgIpc) is 3.29. The van der Waals surface area contributed by atoms with Crippen LogP contribution in [0.2, 0.25) is 18.1 Å². The number of nitrogens with zero attached hydrogens (tertiary/aromatic N) is 3. The molecule has 3 atom stereocenters. The van der Waals surface area contributed by atoms with E-state index in [-0.39, 0.29) is 23.8 Å². The Hall–Kier alpha value is -1.36. The van der Waals surface area contributed by atoms with E-state index in [0.29, 0.717) is 17.3 Å². The highest BCUT2D eigenvalue weighted by molar-refractivity contribution is 8.22. The van der Waals surface area contributed by atoms with E-state index in [4.69, 9.17) is 26.1 Å². The molecule has 174 valence electrons. The van der Waals surface area contributed by atoms with Crippen molar-refractivity contribution in [1.29, 1.82) is 0 Å². The number of thioether (sulfide) groups is 1. The van der Waals surface area contributed by atoms with E-state index >= 15 is 0 Å². The van der Waals surface area contributed by atoms with Crippen LogP contribution >= 0.6 is 24.0 Å². The molecule has 0 spiro atoms. The number of likely N-dealkylation sites (tertiary alicyclic amines) is 1. The lowest BCUT2D eigenvalue weighted by Gasteiger charge is -2.38. The Kier molecular flexibility index (Phi) is 8.77. The van der Waals surface area contributed by atoms with Crippen LogP contribution in [0.25, 0.3) is 0 Å². The summed E-state index contributed by atoms with van der Waals surface area (Å²) < 4.78 is 20.4. The Balaban J connectivity index is 2.37. The van der Waals surface area contributed by atoms with Gasteiger partial charge in [-0.3, -0.25) is 9.58 Å². The number of aromatic nitrogens is 2. The highest BCUT2D eigenvalue weighted by atomic mass is 32.2. The number of aryl methyl sites for hydroxylation is 1. The maximum absolute atomic E-state index is 12.9. The number of carbonyl (C=O) groups excluding carboxylic acids is 1. The summed E-state index contributed by atoms with van der Waals surface area (Å²) >= 11 is 6.72. The molecule has 1 saturated heterocycles. The summed E-state index contributed by atoms with van der Waals surface area (Å²) in [6.07, 6.45) is 4.79. The topological polar surface area (TPSA) is 65.8 Å². The van der Waals surface area contributed by atoms with Crippen molar-refractivity contribution in [3.63, 3.8) is 0 Å². The van der Waals surface area contributed by atoms with Crippen LogP contribution in [0.1, 0.15) is 39.0 Å². The molecule has 0 radical (unpaired) electrons. The van der Waals surface area contributed by atoms with Gasteiger partial charge in [0.15, 0.2) is 14.4 Å². The normalized spacial score (nSPS) is 20.4. The molecular weight excluding hydrogens is 450 g/mol. The van der Waals surface area contributed by atoms with Crippen LogP contribution in [0, 0.1) is 0 Å². The van der Waals surface area contributed by atoms with Gasteiger partial charge >= 0.3 is 6.09 Å². The summed E-state index contributed by atoms with van der Waals surface area (Å²) in [5, 5.41) is 4.35. The summed E-state index contributed by atoms with van der Waals surface area (Å²) in [6, 6.07) is 1.59. The molecular formula is C21H35N3O4S2Si. The van der Waals surface area contributed by atoms with Crippen LogP contribution in [-0.4, -0.2) is 65.0 Å². The van der Waals surface area contributed by atoms with E-state index in [1.807, 2.05) is 19.4 Å². The first-order chi connectivity index (χ1) is 14.4. The number of hydrogen-bond acceptors (Lipinski definition) is 7. The zero-order chi connectivity index (χ0) is 23.4. The lowest BCUT2D eigenvalue weighted by molar-refractivity contribution is 0.0614. The fourth-order valence-corrected chi connectivity index (χ4v) is 5.03. The van der Waals surface area contributed by atoms with Gasteiger partial charge in [-0.05, 0) is 49.1 Å². The third-order valence-electron chi connectivity index (χ3n) is 6.02. The van der Waals surface area contributed by atoms with Gasteiger partial charge in [0, 0.05) is 19.8 Å². The molecule has 0 saturated carbocycles. The molecule has 0 aromatic carbocycles. The third-order valence-corrected chi connectivity index (χ3v) is 11.6. The molecule has 31 heavy (non-hydrogen) atoms. The Morgan fingerprint density at radius 1 is 1.48 bits per heavy atom. The molecule has 1 aromatic rings. The molecule has 2 rings (SSSR count). The lowest BCUT2D eigenvalue weighted by Crippen LogP contribution is -2.45. The van der Waals surface area contributed by atoms with E-state index in [1.165, 1.54) is 11.8 Å². The molecule has 7 nitrogen and oxygen atoms in total. The van der Waals surface area contributed by atoms with Crippen molar-refractivity contribution in [3.05, 3.63) is 30.6 Å². The van der Waals surface area contributed by atoms with Crippen molar-refractivity contribution in [1.82, 2.24) is 14.7 Å². The third kappa shape index (κ3) is 6.33. The monoisotopic (exact) mass is 485 g/mol. The minimum Gasteiger partial charge on any atom is -0.467 e. The highest BCUT2D eigenvalue weighted by Crippen LogP contribution is 2.41. The number of ether oxygens (including phenoxy) is 2. The molecule has 10 heteroatoms. The number of thiocarbonyl (C=S) groups is 1. The molecule has 1 unspecified atom stereocenters. The second-order valence-corrected chi connectivity index (χ2v) is 15.4. The highest BCUT2D eigenvalue weighted by Gasteiger charge is 2.47. The predicted octanol–water partition coefficient (Wildman–Crippen LogP) is 4.91. The van der Waals surface area contributed by atoms with Crippen molar-refractivity contribution in [2.75, 3.05) is 19.4 Å². The van der Waals surface area contributed by atoms with Gasteiger partial charge in [-0.2, -0.15) is 5.10 Å². The summed E-state index contributed by atoms with van der Waals surface area (Å²) in [6.45, 7) is 15.3. The van der Waals surface area contributed by atoms with Crippen molar-refractivity contribution >= 4 is 42.8 Å². The zero-order valence-corrected chi connectivity index (χ0v) is 22.2. The van der Waals surface area contributed by atoms with Crippen LogP contribution in [0.4, 0.5) is 4.79 Å². The summed E-state index contributed by atoms with van der Waals surface area (Å²) in [4.78, 5) is 14.6. The van der Waals surface area contributed by atoms with E-state index in [2.05, 4.69) is 45.5 Å². The minimum absolute atomic E-state index is 0.0671. The smallest absolute Gasteiger partial charge is 0.410 e. The van der Waals surface area contributed by atoms with Crippen LogP contribution in [0.5, 0.6) is 0 Å². The quantitative estimate of drug-likeness (QED) is 0.309. The van der Waals surface area contributed by atoms with E-state index in [1.54, 1.807) is 21.9 Å². The molecule has 1 aliphatic rings. The molecule has 0 aliphatic carbocycles. The predicted molar refractivity (Wildman–Crippen MR) is 132 cm³/mol. The first-order valence-electron chi connectivity index (χ1n) is 10.4. The second kappa shape index (κ2) is 10.5. The molecule has 0 N–H and O–H groups in total. The molecule has 1 fully saturated rings. The molecule has 0 bridgehead atoms. The van der Waals surface area contributed by atoms with Gasteiger partial charge in [0.05, 0.1) is 17.8 Å². The van der Waals surface area contributed by atoms with Crippen molar-refractivity contribution in [3.8, 4) is 0 Å². The average molecular weight is 486 g/mol. The Morgan fingerprint density at radius 2 is 2.16 bits per heavy atom. The molecule has 1 amide bonds. The molecule has 2 heterocycles. The number of hydrogen-bond donors (Lipinski definition) is 0. The Labute approximate surface area is 196 Å². The van der Waals surface area contributed by atoms with Gasteiger partial charge in [-0.15, -0.1) is 0 Å². The van der Waals surface area contributed by atoms with Gasteiger partial charge in [0.1, 0.15) is 6.61 Å². The summed E-state index contributed by atoms with van der Waals surface area (Å²) in [5.41, 5.74) is 0.843. The Bertz CT molecular complexity index is 794. The summed E-state index contributed by atoms with van der Waals surface area (Å²) in [5.74, 6) is 0. The van der Waals surface area contributed by atoms with Crippen molar-refractivity contribution in [2.24, 2.45) is 7.05 Å². The van der Waals surface area contributed by atoms with Crippen molar-refractivity contribution < 1.29 is 18.7 Å². The fraction of sp³-hybridized carbons (Fsp3) is 0.667.